The third kappa shape index (κ3) is 6.56. The number of aromatic amines is 1. The summed E-state index contributed by atoms with van der Waals surface area (Å²) in [5, 5.41) is 9.49. The third-order valence-electron chi connectivity index (χ3n) is 4.17. The van der Waals surface area contributed by atoms with Crippen molar-refractivity contribution in [1.29, 1.82) is 0 Å². The van der Waals surface area contributed by atoms with Crippen molar-refractivity contribution >= 4 is 33.0 Å². The molecule has 0 aliphatic carbocycles. The number of aliphatic hydroxyl groups excluding tert-OH is 1. The summed E-state index contributed by atoms with van der Waals surface area (Å²) in [6.45, 7) is 3.03. The zero-order valence-electron chi connectivity index (χ0n) is 15.6. The lowest BCUT2D eigenvalue weighted by molar-refractivity contribution is -0.0673. The quantitative estimate of drug-likeness (QED) is 0.318. The smallest absolute Gasteiger partial charge is 0.280 e. The summed E-state index contributed by atoms with van der Waals surface area (Å²) >= 11 is 3.28. The van der Waals surface area contributed by atoms with Crippen molar-refractivity contribution in [3.8, 4) is 0 Å². The molecule has 10 heteroatoms. The van der Waals surface area contributed by atoms with Gasteiger partial charge in [-0.15, -0.1) is 0 Å². The predicted octanol–water partition coefficient (Wildman–Crippen LogP) is 2.18. The van der Waals surface area contributed by atoms with Gasteiger partial charge in [-0.2, -0.15) is 4.98 Å². The Kier molecular flexibility index (Phi) is 9.19. The molecule has 0 saturated heterocycles. The fourth-order valence-corrected chi connectivity index (χ4v) is 3.10. The second kappa shape index (κ2) is 11.4. The van der Waals surface area contributed by atoms with Crippen LogP contribution in [0.3, 0.4) is 0 Å². The van der Waals surface area contributed by atoms with Gasteiger partial charge in [0.05, 0.1) is 13.2 Å². The van der Waals surface area contributed by atoms with Crippen LogP contribution in [0.2, 0.25) is 0 Å². The maximum absolute atomic E-state index is 11.9. The van der Waals surface area contributed by atoms with Crippen molar-refractivity contribution in [2.45, 2.75) is 58.3 Å². The molecule has 0 spiro atoms. The molecule has 2 aromatic heterocycles. The lowest BCUT2D eigenvalue weighted by Gasteiger charge is -2.16. The number of nitrogens with one attached hydrogen (secondary N) is 1. The number of nitrogens with two attached hydrogens (primary N) is 1. The zero-order chi connectivity index (χ0) is 19.6. The minimum atomic E-state index is -0.478. The molecule has 152 valence electrons. The molecule has 27 heavy (non-hydrogen) atoms. The van der Waals surface area contributed by atoms with Gasteiger partial charge in [0.15, 0.2) is 15.9 Å². The Morgan fingerprint density at radius 1 is 1.26 bits per heavy atom. The van der Waals surface area contributed by atoms with Gasteiger partial charge in [0.2, 0.25) is 5.95 Å². The predicted molar refractivity (Wildman–Crippen MR) is 106 cm³/mol. The molecule has 1 atom stereocenters. The number of rotatable bonds is 13. The summed E-state index contributed by atoms with van der Waals surface area (Å²) in [6, 6.07) is 0. The molecule has 0 radical (unpaired) electrons. The van der Waals surface area contributed by atoms with Gasteiger partial charge in [-0.05, 0) is 22.4 Å². The van der Waals surface area contributed by atoms with Crippen LogP contribution in [-0.2, 0) is 16.2 Å². The topological polar surface area (TPSA) is 128 Å². The molecular formula is C17H28BrN5O4. The zero-order valence-corrected chi connectivity index (χ0v) is 17.2. The molecule has 0 saturated carbocycles. The van der Waals surface area contributed by atoms with E-state index in [0.717, 1.165) is 12.8 Å². The maximum Gasteiger partial charge on any atom is 0.280 e. The Labute approximate surface area is 166 Å². The van der Waals surface area contributed by atoms with Crippen molar-refractivity contribution in [1.82, 2.24) is 19.5 Å². The molecular weight excluding hydrogens is 418 g/mol. The number of nitrogens with zero attached hydrogens (tertiary/aromatic N) is 3. The number of aromatic nitrogens is 4. The van der Waals surface area contributed by atoms with Gasteiger partial charge in [0.25, 0.3) is 5.56 Å². The molecule has 0 aliphatic heterocycles. The van der Waals surface area contributed by atoms with Gasteiger partial charge in [-0.1, -0.05) is 39.0 Å². The number of aliphatic hydroxyl groups is 1. The Morgan fingerprint density at radius 3 is 2.74 bits per heavy atom. The first-order valence-corrected chi connectivity index (χ1v) is 10.1. The minimum absolute atomic E-state index is 0.00197. The highest BCUT2D eigenvalue weighted by Gasteiger charge is 2.16. The Morgan fingerprint density at radius 2 is 2.00 bits per heavy atom. The fraction of sp³-hybridized carbons (Fsp3) is 0.706. The number of nitrogen functional groups attached to an aromatic ring is 1. The van der Waals surface area contributed by atoms with Crippen LogP contribution >= 0.6 is 15.9 Å². The fourth-order valence-electron chi connectivity index (χ4n) is 2.65. The number of unbranched alkanes of at least 4 members (excludes halogenated alkanes) is 5. The molecule has 1 unspecified atom stereocenters. The van der Waals surface area contributed by atoms with E-state index in [0.29, 0.717) is 23.6 Å². The van der Waals surface area contributed by atoms with Gasteiger partial charge in [0, 0.05) is 6.61 Å². The minimum Gasteiger partial charge on any atom is -0.394 e. The number of halogens is 1. The molecule has 0 amide bonds. The summed E-state index contributed by atoms with van der Waals surface area (Å²) in [5.74, 6) is 0.00197. The molecule has 9 nitrogen and oxygen atoms in total. The largest absolute Gasteiger partial charge is 0.394 e. The molecule has 2 heterocycles. The average molecular weight is 446 g/mol. The Bertz CT molecular complexity index is 764. The van der Waals surface area contributed by atoms with Crippen LogP contribution in [0, 0.1) is 0 Å². The number of H-pyrrole nitrogens is 1. The van der Waals surface area contributed by atoms with Gasteiger partial charge in [-0.3, -0.25) is 14.3 Å². The van der Waals surface area contributed by atoms with E-state index >= 15 is 0 Å². The summed E-state index contributed by atoms with van der Waals surface area (Å²) in [7, 11) is 0. The Balaban J connectivity index is 1.80. The molecule has 4 N–H and O–H groups in total. The van der Waals surface area contributed by atoms with E-state index in [2.05, 4.69) is 37.8 Å². The van der Waals surface area contributed by atoms with Crippen molar-refractivity contribution in [2.75, 3.05) is 25.6 Å². The monoisotopic (exact) mass is 445 g/mol. The normalized spacial score (nSPS) is 12.7. The van der Waals surface area contributed by atoms with Crippen molar-refractivity contribution in [2.24, 2.45) is 0 Å². The summed E-state index contributed by atoms with van der Waals surface area (Å²) in [6.07, 6.45) is 6.71. The molecule has 2 aromatic rings. The number of ether oxygens (including phenoxy) is 2. The summed E-state index contributed by atoms with van der Waals surface area (Å²) < 4.78 is 13.3. The van der Waals surface area contributed by atoms with E-state index in [4.69, 9.17) is 15.2 Å². The second-order valence-corrected chi connectivity index (χ2v) is 7.08. The maximum atomic E-state index is 11.9. The van der Waals surface area contributed by atoms with Crippen molar-refractivity contribution < 1.29 is 14.6 Å². The summed E-state index contributed by atoms with van der Waals surface area (Å²) in [5.41, 5.74) is 5.65. The van der Waals surface area contributed by atoms with Crippen LogP contribution in [0.25, 0.3) is 11.2 Å². The second-order valence-electron chi connectivity index (χ2n) is 6.38. The van der Waals surface area contributed by atoms with Crippen LogP contribution in [-0.4, -0.2) is 50.6 Å². The van der Waals surface area contributed by atoms with E-state index in [9.17, 15) is 9.90 Å². The van der Waals surface area contributed by atoms with E-state index in [-0.39, 0.29) is 24.8 Å². The third-order valence-corrected chi connectivity index (χ3v) is 4.77. The number of anilines is 1. The lowest BCUT2D eigenvalue weighted by Crippen LogP contribution is -2.25. The van der Waals surface area contributed by atoms with Crippen LogP contribution in [0.1, 0.15) is 45.4 Å². The number of hydrogen-bond acceptors (Lipinski definition) is 7. The van der Waals surface area contributed by atoms with E-state index < -0.39 is 11.7 Å². The number of imidazole rings is 1. The highest BCUT2D eigenvalue weighted by atomic mass is 79.9. The molecule has 0 fully saturated rings. The van der Waals surface area contributed by atoms with E-state index in [1.807, 2.05) is 0 Å². The molecule has 0 aliphatic rings. The van der Waals surface area contributed by atoms with Gasteiger partial charge in [0.1, 0.15) is 12.8 Å². The number of fused-ring (bicyclic) bond motifs is 1. The van der Waals surface area contributed by atoms with Crippen LogP contribution in [0.5, 0.6) is 0 Å². The van der Waals surface area contributed by atoms with Crippen LogP contribution < -0.4 is 11.3 Å². The first kappa shape index (κ1) is 21.8. The van der Waals surface area contributed by atoms with Gasteiger partial charge in [-0.25, -0.2) is 4.98 Å². The van der Waals surface area contributed by atoms with E-state index in [1.54, 1.807) is 4.57 Å². The van der Waals surface area contributed by atoms with Crippen LogP contribution in [0.4, 0.5) is 5.95 Å². The first-order valence-electron chi connectivity index (χ1n) is 9.28. The molecule has 2 rings (SSSR count). The van der Waals surface area contributed by atoms with Crippen molar-refractivity contribution in [3.63, 3.8) is 0 Å². The summed E-state index contributed by atoms with van der Waals surface area (Å²) in [4.78, 5) is 22.5. The highest BCUT2D eigenvalue weighted by molar-refractivity contribution is 9.10. The SMILES string of the molecule is CCCCCCCCOCC(CO)OCn1c(Br)nc2c(=O)[nH]c(N)nc21. The van der Waals surface area contributed by atoms with Gasteiger partial charge < -0.3 is 20.3 Å². The average Bonchev–Trinajstić information content (AvgIpc) is 2.96. The first-order chi connectivity index (χ1) is 13.1. The highest BCUT2D eigenvalue weighted by Crippen LogP contribution is 2.17. The Hall–Kier alpha value is -1.49. The van der Waals surface area contributed by atoms with Crippen molar-refractivity contribution in [3.05, 3.63) is 15.1 Å². The van der Waals surface area contributed by atoms with Crippen LogP contribution in [0.15, 0.2) is 9.53 Å². The lowest BCUT2D eigenvalue weighted by atomic mass is 10.1. The van der Waals surface area contributed by atoms with E-state index in [1.165, 1.54) is 25.7 Å². The molecule has 0 aromatic carbocycles. The van der Waals surface area contributed by atoms with Gasteiger partial charge >= 0.3 is 0 Å². The standard InChI is InChI=1S/C17H28BrN5O4/c1-2-3-4-5-6-7-8-26-10-12(9-24)27-11-23-14-13(20-16(23)18)15(25)22-17(19)21-14/h12,24H,2-11H2,1H3,(H3,19,21,22,25). The molecule has 0 bridgehead atoms. The number of hydrogen-bond donors (Lipinski definition) is 3.